The van der Waals surface area contributed by atoms with E-state index in [1.165, 1.54) is 0 Å². The number of H-pyrrole nitrogens is 1. The fourth-order valence-electron chi connectivity index (χ4n) is 2.85. The molecule has 3 rings (SSSR count). The van der Waals surface area contributed by atoms with Crippen LogP contribution >= 0.6 is 0 Å². The molecule has 0 saturated carbocycles. The van der Waals surface area contributed by atoms with Gasteiger partial charge < -0.3 is 14.5 Å². The third-order valence-electron chi connectivity index (χ3n) is 4.06. The SMILES string of the molecule is COc1ccc(OC)c2c(=O)c(Cc3ccccc3)c(C)[nH]c12. The van der Waals surface area contributed by atoms with E-state index in [1.807, 2.05) is 37.3 Å². The molecule has 1 aromatic heterocycles. The molecule has 0 aliphatic rings. The van der Waals surface area contributed by atoms with Crippen LogP contribution in [0.5, 0.6) is 11.5 Å². The van der Waals surface area contributed by atoms with Gasteiger partial charge in [0, 0.05) is 17.7 Å². The smallest absolute Gasteiger partial charge is 0.197 e. The van der Waals surface area contributed by atoms with E-state index in [-0.39, 0.29) is 5.43 Å². The van der Waals surface area contributed by atoms with Gasteiger partial charge in [0.15, 0.2) is 5.43 Å². The molecule has 1 N–H and O–H groups in total. The summed E-state index contributed by atoms with van der Waals surface area (Å²) in [7, 11) is 3.16. The molecule has 23 heavy (non-hydrogen) atoms. The molecule has 0 radical (unpaired) electrons. The molecule has 0 saturated heterocycles. The van der Waals surface area contributed by atoms with Crippen LogP contribution in [0, 0.1) is 6.92 Å². The molecule has 2 aromatic carbocycles. The molecule has 0 spiro atoms. The molecule has 0 atom stereocenters. The van der Waals surface area contributed by atoms with E-state index in [1.54, 1.807) is 26.4 Å². The van der Waals surface area contributed by atoms with Gasteiger partial charge in [0.1, 0.15) is 11.5 Å². The van der Waals surface area contributed by atoms with Gasteiger partial charge in [-0.2, -0.15) is 0 Å². The predicted octanol–water partition coefficient (Wildman–Crippen LogP) is 3.44. The maximum Gasteiger partial charge on any atom is 0.197 e. The predicted molar refractivity (Wildman–Crippen MR) is 91.7 cm³/mol. The lowest BCUT2D eigenvalue weighted by atomic mass is 10.0. The number of aryl methyl sites for hydroxylation is 1. The van der Waals surface area contributed by atoms with E-state index in [4.69, 9.17) is 9.47 Å². The Kier molecular flexibility index (Phi) is 4.06. The molecule has 0 unspecified atom stereocenters. The summed E-state index contributed by atoms with van der Waals surface area (Å²) >= 11 is 0. The van der Waals surface area contributed by atoms with Crippen molar-refractivity contribution in [2.24, 2.45) is 0 Å². The fraction of sp³-hybridized carbons (Fsp3) is 0.211. The van der Waals surface area contributed by atoms with Gasteiger partial charge in [0.2, 0.25) is 0 Å². The highest BCUT2D eigenvalue weighted by molar-refractivity contribution is 5.90. The topological polar surface area (TPSA) is 51.3 Å². The lowest BCUT2D eigenvalue weighted by Gasteiger charge is -2.13. The monoisotopic (exact) mass is 309 g/mol. The Morgan fingerprint density at radius 2 is 1.61 bits per heavy atom. The number of pyridine rings is 1. The molecule has 0 fully saturated rings. The Labute approximate surface area is 134 Å². The fourth-order valence-corrected chi connectivity index (χ4v) is 2.85. The Morgan fingerprint density at radius 3 is 2.26 bits per heavy atom. The molecule has 0 aliphatic carbocycles. The van der Waals surface area contributed by atoms with Crippen molar-refractivity contribution in [2.75, 3.05) is 14.2 Å². The summed E-state index contributed by atoms with van der Waals surface area (Å²) in [5, 5.41) is 0.531. The van der Waals surface area contributed by atoms with Crippen LogP contribution in [0.4, 0.5) is 0 Å². The maximum atomic E-state index is 13.0. The van der Waals surface area contributed by atoms with Crippen molar-refractivity contribution in [3.05, 3.63) is 69.5 Å². The van der Waals surface area contributed by atoms with Crippen molar-refractivity contribution >= 4 is 10.9 Å². The largest absolute Gasteiger partial charge is 0.496 e. The van der Waals surface area contributed by atoms with E-state index in [0.717, 1.165) is 16.8 Å². The summed E-state index contributed by atoms with van der Waals surface area (Å²) in [6.07, 6.45) is 0.582. The first-order valence-corrected chi connectivity index (χ1v) is 7.46. The first kappa shape index (κ1) is 15.2. The Hall–Kier alpha value is -2.75. The number of methoxy groups -OCH3 is 2. The standard InChI is InChI=1S/C19H19NO3/c1-12-14(11-13-7-5-4-6-8-13)19(21)17-15(22-2)9-10-16(23-3)18(17)20-12/h4-10H,11H2,1-3H3,(H,20,21). The summed E-state index contributed by atoms with van der Waals surface area (Å²) in [4.78, 5) is 16.4. The quantitative estimate of drug-likeness (QED) is 0.803. The van der Waals surface area contributed by atoms with Gasteiger partial charge >= 0.3 is 0 Å². The van der Waals surface area contributed by atoms with Crippen molar-refractivity contribution in [3.63, 3.8) is 0 Å². The number of hydrogen-bond acceptors (Lipinski definition) is 3. The van der Waals surface area contributed by atoms with E-state index in [9.17, 15) is 4.79 Å². The average Bonchev–Trinajstić information content (AvgIpc) is 2.58. The summed E-state index contributed by atoms with van der Waals surface area (Å²) in [6.45, 7) is 1.91. The number of fused-ring (bicyclic) bond motifs is 1. The number of rotatable bonds is 4. The second kappa shape index (κ2) is 6.16. The van der Waals surface area contributed by atoms with Gasteiger partial charge in [-0.25, -0.2) is 0 Å². The van der Waals surface area contributed by atoms with Gasteiger partial charge in [-0.1, -0.05) is 30.3 Å². The molecule has 0 amide bonds. The molecule has 1 heterocycles. The normalized spacial score (nSPS) is 10.7. The molecular formula is C19H19NO3. The van der Waals surface area contributed by atoms with E-state index in [0.29, 0.717) is 28.8 Å². The zero-order valence-corrected chi connectivity index (χ0v) is 13.5. The molecule has 4 heteroatoms. The Bertz CT molecular complexity index is 898. The summed E-state index contributed by atoms with van der Waals surface area (Å²) in [6, 6.07) is 13.5. The zero-order valence-electron chi connectivity index (χ0n) is 13.5. The first-order chi connectivity index (χ1) is 11.2. The summed E-state index contributed by atoms with van der Waals surface area (Å²) < 4.78 is 10.7. The van der Waals surface area contributed by atoms with Gasteiger partial charge in [-0.3, -0.25) is 4.79 Å². The van der Waals surface area contributed by atoms with Crippen LogP contribution in [0.3, 0.4) is 0 Å². The Morgan fingerprint density at radius 1 is 0.957 bits per heavy atom. The molecule has 3 aromatic rings. The summed E-state index contributed by atoms with van der Waals surface area (Å²) in [5.41, 5.74) is 3.34. The van der Waals surface area contributed by atoms with Crippen LogP contribution in [-0.2, 0) is 6.42 Å². The van der Waals surface area contributed by atoms with Crippen molar-refractivity contribution in [3.8, 4) is 11.5 Å². The minimum absolute atomic E-state index is 0.0177. The lowest BCUT2D eigenvalue weighted by Crippen LogP contribution is -2.15. The van der Waals surface area contributed by atoms with Crippen LogP contribution in [0.1, 0.15) is 16.8 Å². The van der Waals surface area contributed by atoms with Gasteiger partial charge in [-0.15, -0.1) is 0 Å². The van der Waals surface area contributed by atoms with Crippen LogP contribution in [0.15, 0.2) is 47.3 Å². The Balaban J connectivity index is 2.26. The number of benzene rings is 2. The minimum atomic E-state index is -0.0177. The van der Waals surface area contributed by atoms with Crippen molar-refractivity contribution in [1.29, 1.82) is 0 Å². The van der Waals surface area contributed by atoms with Gasteiger partial charge in [0.25, 0.3) is 0 Å². The average molecular weight is 309 g/mol. The zero-order chi connectivity index (χ0) is 16.4. The van der Waals surface area contributed by atoms with Gasteiger partial charge in [-0.05, 0) is 24.6 Å². The van der Waals surface area contributed by atoms with Crippen molar-refractivity contribution in [2.45, 2.75) is 13.3 Å². The number of nitrogens with one attached hydrogen (secondary N) is 1. The van der Waals surface area contributed by atoms with Crippen LogP contribution in [-0.4, -0.2) is 19.2 Å². The molecule has 4 nitrogen and oxygen atoms in total. The molecule has 0 bridgehead atoms. The third-order valence-corrected chi connectivity index (χ3v) is 4.06. The summed E-state index contributed by atoms with van der Waals surface area (Å²) in [5.74, 6) is 1.18. The number of aromatic nitrogens is 1. The second-order valence-corrected chi connectivity index (χ2v) is 5.44. The molecule has 118 valence electrons. The van der Waals surface area contributed by atoms with E-state index in [2.05, 4.69) is 4.98 Å². The van der Waals surface area contributed by atoms with E-state index < -0.39 is 0 Å². The maximum absolute atomic E-state index is 13.0. The van der Waals surface area contributed by atoms with Gasteiger partial charge in [0.05, 0.1) is 25.1 Å². The third kappa shape index (κ3) is 2.68. The van der Waals surface area contributed by atoms with Crippen LogP contribution in [0.2, 0.25) is 0 Å². The lowest BCUT2D eigenvalue weighted by molar-refractivity contribution is 0.409. The first-order valence-electron chi connectivity index (χ1n) is 7.46. The van der Waals surface area contributed by atoms with Crippen LogP contribution in [0.25, 0.3) is 10.9 Å². The van der Waals surface area contributed by atoms with Crippen LogP contribution < -0.4 is 14.9 Å². The number of aromatic amines is 1. The molecule has 0 aliphatic heterocycles. The van der Waals surface area contributed by atoms with Crippen molar-refractivity contribution < 1.29 is 9.47 Å². The minimum Gasteiger partial charge on any atom is -0.496 e. The number of hydrogen-bond donors (Lipinski definition) is 1. The highest BCUT2D eigenvalue weighted by Gasteiger charge is 2.16. The molecular weight excluding hydrogens is 290 g/mol. The highest BCUT2D eigenvalue weighted by atomic mass is 16.5. The van der Waals surface area contributed by atoms with Crippen molar-refractivity contribution in [1.82, 2.24) is 4.98 Å². The second-order valence-electron chi connectivity index (χ2n) is 5.44. The highest BCUT2D eigenvalue weighted by Crippen LogP contribution is 2.30. The van der Waals surface area contributed by atoms with E-state index >= 15 is 0 Å². The number of ether oxygens (including phenoxy) is 2.